The molecule has 0 aromatic rings. The first kappa shape index (κ1) is 14.1. The highest BCUT2D eigenvalue weighted by Crippen LogP contribution is 1.99. The van der Waals surface area contributed by atoms with Gasteiger partial charge in [-0.25, -0.2) is 0 Å². The zero-order chi connectivity index (χ0) is 11.8. The van der Waals surface area contributed by atoms with Crippen molar-refractivity contribution >= 4 is 5.91 Å². The summed E-state index contributed by atoms with van der Waals surface area (Å²) < 4.78 is 0. The molecule has 1 amide bonds. The maximum Gasteiger partial charge on any atom is 0.237 e. The smallest absolute Gasteiger partial charge is 0.237 e. The van der Waals surface area contributed by atoms with E-state index in [2.05, 4.69) is 11.9 Å². The molecule has 15 heavy (non-hydrogen) atoms. The van der Waals surface area contributed by atoms with Gasteiger partial charge in [0.15, 0.2) is 0 Å². The predicted molar refractivity (Wildman–Crippen MR) is 61.6 cm³/mol. The predicted octanol–water partition coefficient (Wildman–Crippen LogP) is 0.380. The van der Waals surface area contributed by atoms with Crippen LogP contribution in [0.15, 0.2) is 12.7 Å². The highest BCUT2D eigenvalue weighted by atomic mass is 16.3. The van der Waals surface area contributed by atoms with E-state index in [9.17, 15) is 4.79 Å². The van der Waals surface area contributed by atoms with Gasteiger partial charge in [0.25, 0.3) is 0 Å². The van der Waals surface area contributed by atoms with Crippen LogP contribution in [0.5, 0.6) is 0 Å². The minimum atomic E-state index is -0.238. The molecule has 0 bridgehead atoms. The van der Waals surface area contributed by atoms with Crippen LogP contribution in [0.4, 0.5) is 0 Å². The van der Waals surface area contributed by atoms with Gasteiger partial charge in [-0.1, -0.05) is 6.08 Å². The van der Waals surface area contributed by atoms with E-state index in [-0.39, 0.29) is 24.6 Å². The van der Waals surface area contributed by atoms with Crippen molar-refractivity contribution in [1.29, 1.82) is 0 Å². The standard InChI is InChI=1S/C11H22N2O2/c1-5-6-13(7-8-14)10(4)11(15)12-9(2)3/h5,9-10,14H,1,6-8H2,2-4H3,(H,12,15). The fourth-order valence-corrected chi connectivity index (χ4v) is 1.31. The van der Waals surface area contributed by atoms with Gasteiger partial charge in [-0.05, 0) is 20.8 Å². The first-order valence-corrected chi connectivity index (χ1v) is 5.29. The Morgan fingerprint density at radius 1 is 1.53 bits per heavy atom. The SMILES string of the molecule is C=CCN(CCO)C(C)C(=O)NC(C)C. The lowest BCUT2D eigenvalue weighted by atomic mass is 10.2. The lowest BCUT2D eigenvalue weighted by molar-refractivity contribution is -0.126. The maximum absolute atomic E-state index is 11.7. The summed E-state index contributed by atoms with van der Waals surface area (Å²) in [4.78, 5) is 13.6. The monoisotopic (exact) mass is 214 g/mol. The molecule has 0 fully saturated rings. The number of rotatable bonds is 7. The number of carbonyl (C=O) groups excluding carboxylic acids is 1. The molecule has 4 nitrogen and oxygen atoms in total. The van der Waals surface area contributed by atoms with Crippen molar-refractivity contribution in [2.45, 2.75) is 32.9 Å². The number of nitrogens with one attached hydrogen (secondary N) is 1. The third-order valence-electron chi connectivity index (χ3n) is 2.11. The first-order chi connectivity index (χ1) is 7.02. The second-order valence-electron chi connectivity index (χ2n) is 3.85. The molecule has 1 unspecified atom stereocenters. The minimum Gasteiger partial charge on any atom is -0.395 e. The van der Waals surface area contributed by atoms with Crippen LogP contribution in [-0.2, 0) is 4.79 Å². The first-order valence-electron chi connectivity index (χ1n) is 5.29. The summed E-state index contributed by atoms with van der Waals surface area (Å²) >= 11 is 0. The lowest BCUT2D eigenvalue weighted by Crippen LogP contribution is -2.48. The number of carbonyl (C=O) groups is 1. The van der Waals surface area contributed by atoms with Gasteiger partial charge in [0, 0.05) is 19.1 Å². The van der Waals surface area contributed by atoms with E-state index < -0.39 is 0 Å². The molecule has 0 aromatic heterocycles. The topological polar surface area (TPSA) is 52.6 Å². The average Bonchev–Trinajstić information content (AvgIpc) is 2.15. The van der Waals surface area contributed by atoms with Gasteiger partial charge < -0.3 is 10.4 Å². The second kappa shape index (κ2) is 7.43. The number of aliphatic hydroxyl groups is 1. The van der Waals surface area contributed by atoms with Gasteiger partial charge >= 0.3 is 0 Å². The normalized spacial score (nSPS) is 12.9. The van der Waals surface area contributed by atoms with Crippen molar-refractivity contribution in [2.75, 3.05) is 19.7 Å². The zero-order valence-electron chi connectivity index (χ0n) is 9.86. The second-order valence-corrected chi connectivity index (χ2v) is 3.85. The Balaban J connectivity index is 4.26. The Labute approximate surface area is 92.0 Å². The van der Waals surface area contributed by atoms with Crippen LogP contribution in [0.1, 0.15) is 20.8 Å². The van der Waals surface area contributed by atoms with Crippen LogP contribution in [-0.4, -0.2) is 47.7 Å². The van der Waals surface area contributed by atoms with Gasteiger partial charge in [0.2, 0.25) is 5.91 Å². The molecule has 0 rings (SSSR count). The Bertz CT molecular complexity index is 205. The quantitative estimate of drug-likeness (QED) is 0.602. The highest BCUT2D eigenvalue weighted by molar-refractivity contribution is 5.81. The van der Waals surface area contributed by atoms with Crippen LogP contribution in [0, 0.1) is 0 Å². The molecule has 0 radical (unpaired) electrons. The zero-order valence-corrected chi connectivity index (χ0v) is 9.86. The van der Waals surface area contributed by atoms with E-state index in [0.717, 1.165) is 0 Å². The number of hydrogen-bond donors (Lipinski definition) is 2. The van der Waals surface area contributed by atoms with E-state index in [4.69, 9.17) is 5.11 Å². The molecule has 0 saturated carbocycles. The van der Waals surface area contributed by atoms with Crippen molar-refractivity contribution < 1.29 is 9.90 Å². The number of amides is 1. The van der Waals surface area contributed by atoms with Crippen molar-refractivity contribution in [1.82, 2.24) is 10.2 Å². The van der Waals surface area contributed by atoms with Crippen LogP contribution in [0.3, 0.4) is 0 Å². The summed E-state index contributed by atoms with van der Waals surface area (Å²) in [6, 6.07) is -0.0998. The Hall–Kier alpha value is -0.870. The van der Waals surface area contributed by atoms with Crippen LogP contribution in [0.25, 0.3) is 0 Å². The van der Waals surface area contributed by atoms with Crippen molar-refractivity contribution in [3.63, 3.8) is 0 Å². The largest absolute Gasteiger partial charge is 0.395 e. The lowest BCUT2D eigenvalue weighted by Gasteiger charge is -2.26. The summed E-state index contributed by atoms with van der Waals surface area (Å²) in [6.45, 7) is 10.4. The third kappa shape index (κ3) is 5.54. The fourth-order valence-electron chi connectivity index (χ4n) is 1.31. The van der Waals surface area contributed by atoms with Crippen LogP contribution >= 0.6 is 0 Å². The molecule has 0 aromatic carbocycles. The number of nitrogens with zero attached hydrogens (tertiary/aromatic N) is 1. The summed E-state index contributed by atoms with van der Waals surface area (Å²) in [5.41, 5.74) is 0. The number of hydrogen-bond acceptors (Lipinski definition) is 3. The van der Waals surface area contributed by atoms with E-state index >= 15 is 0 Å². The molecule has 0 aliphatic heterocycles. The van der Waals surface area contributed by atoms with Gasteiger partial charge in [0.05, 0.1) is 12.6 Å². The van der Waals surface area contributed by atoms with Crippen molar-refractivity contribution in [2.24, 2.45) is 0 Å². The average molecular weight is 214 g/mol. The van der Waals surface area contributed by atoms with Crippen LogP contribution in [0.2, 0.25) is 0 Å². The summed E-state index contributed by atoms with van der Waals surface area (Å²) in [6.07, 6.45) is 1.73. The molecule has 1 atom stereocenters. The Morgan fingerprint density at radius 3 is 2.53 bits per heavy atom. The molecule has 0 aliphatic rings. The number of aliphatic hydroxyl groups excluding tert-OH is 1. The molecule has 0 aliphatic carbocycles. The van der Waals surface area contributed by atoms with Crippen LogP contribution < -0.4 is 5.32 Å². The maximum atomic E-state index is 11.7. The molecular formula is C11H22N2O2. The molecule has 2 N–H and O–H groups in total. The van der Waals surface area contributed by atoms with E-state index in [1.54, 1.807) is 6.08 Å². The van der Waals surface area contributed by atoms with Crippen molar-refractivity contribution in [3.05, 3.63) is 12.7 Å². The van der Waals surface area contributed by atoms with Gasteiger partial charge in [0.1, 0.15) is 0 Å². The molecule has 0 spiro atoms. The fraction of sp³-hybridized carbons (Fsp3) is 0.727. The minimum absolute atomic E-state index is 0.0136. The Morgan fingerprint density at radius 2 is 2.13 bits per heavy atom. The molecule has 0 saturated heterocycles. The summed E-state index contributed by atoms with van der Waals surface area (Å²) in [7, 11) is 0. The van der Waals surface area contributed by atoms with E-state index in [1.807, 2.05) is 25.7 Å². The van der Waals surface area contributed by atoms with Gasteiger partial charge in [-0.2, -0.15) is 0 Å². The molecular weight excluding hydrogens is 192 g/mol. The third-order valence-corrected chi connectivity index (χ3v) is 2.11. The van der Waals surface area contributed by atoms with Crippen molar-refractivity contribution in [3.8, 4) is 0 Å². The van der Waals surface area contributed by atoms with E-state index in [0.29, 0.717) is 13.1 Å². The molecule has 0 heterocycles. The summed E-state index contributed by atoms with van der Waals surface area (Å²) in [5.74, 6) is -0.0136. The molecule has 4 heteroatoms. The van der Waals surface area contributed by atoms with E-state index in [1.165, 1.54) is 0 Å². The highest BCUT2D eigenvalue weighted by Gasteiger charge is 2.19. The van der Waals surface area contributed by atoms with Gasteiger partial charge in [-0.15, -0.1) is 6.58 Å². The van der Waals surface area contributed by atoms with Gasteiger partial charge in [-0.3, -0.25) is 9.69 Å². The molecule has 88 valence electrons. The summed E-state index contributed by atoms with van der Waals surface area (Å²) in [5, 5.41) is 11.7. The Kier molecular flexibility index (Phi) is 6.99.